The lowest BCUT2D eigenvalue weighted by Crippen LogP contribution is -2.10. The largest absolute Gasteiger partial charge is 0.385 e. The summed E-state index contributed by atoms with van der Waals surface area (Å²) < 4.78 is 0. The average molecular weight is 355 g/mol. The predicted octanol–water partition coefficient (Wildman–Crippen LogP) is 4.61. The van der Waals surface area contributed by atoms with E-state index in [0.29, 0.717) is 5.82 Å². The average Bonchev–Trinajstić information content (AvgIpc) is 2.74. The second kappa shape index (κ2) is 8.27. The van der Waals surface area contributed by atoms with Crippen molar-refractivity contribution in [3.05, 3.63) is 79.1 Å². The first-order chi connectivity index (χ1) is 13.4. The Kier molecular flexibility index (Phi) is 5.20. The lowest BCUT2D eigenvalue weighted by molar-refractivity contribution is 0.905. The fraction of sp³-hybridized carbons (Fsp3) is 0.136. The smallest absolute Gasteiger partial charge is 0.163 e. The van der Waals surface area contributed by atoms with E-state index in [4.69, 9.17) is 4.98 Å². The van der Waals surface area contributed by atoms with Gasteiger partial charge in [-0.1, -0.05) is 30.3 Å². The molecule has 0 spiro atoms. The van der Waals surface area contributed by atoms with Gasteiger partial charge in [0.15, 0.2) is 5.82 Å². The maximum absolute atomic E-state index is 4.74. The highest BCUT2D eigenvalue weighted by Gasteiger charge is 2.09. The minimum absolute atomic E-state index is 0.687. The molecule has 134 valence electrons. The van der Waals surface area contributed by atoms with Gasteiger partial charge in [0.1, 0.15) is 5.82 Å². The van der Waals surface area contributed by atoms with E-state index in [1.54, 1.807) is 12.4 Å². The molecule has 4 aromatic rings. The Balaban J connectivity index is 1.47. The molecule has 0 saturated carbocycles. The van der Waals surface area contributed by atoms with Crippen LogP contribution in [0.3, 0.4) is 0 Å². The van der Waals surface area contributed by atoms with Crippen LogP contribution in [0.4, 0.5) is 11.5 Å². The first-order valence-corrected chi connectivity index (χ1v) is 9.10. The van der Waals surface area contributed by atoms with Gasteiger partial charge in [0.25, 0.3) is 0 Å². The molecule has 2 aromatic carbocycles. The fourth-order valence-electron chi connectivity index (χ4n) is 2.92. The summed E-state index contributed by atoms with van der Waals surface area (Å²) in [6.45, 7) is 1.73. The number of anilines is 2. The van der Waals surface area contributed by atoms with Crippen LogP contribution in [-0.2, 0) is 0 Å². The molecule has 0 atom stereocenters. The highest BCUT2D eigenvalue weighted by atomic mass is 15.0. The van der Waals surface area contributed by atoms with Gasteiger partial charge in [-0.05, 0) is 42.8 Å². The number of pyridine rings is 1. The fourth-order valence-corrected chi connectivity index (χ4v) is 2.92. The quantitative estimate of drug-likeness (QED) is 0.474. The number of para-hydroxylation sites is 2. The zero-order chi connectivity index (χ0) is 18.3. The van der Waals surface area contributed by atoms with Crippen LogP contribution in [0.2, 0.25) is 0 Å². The van der Waals surface area contributed by atoms with Crippen molar-refractivity contribution in [2.75, 3.05) is 23.7 Å². The van der Waals surface area contributed by atoms with Crippen molar-refractivity contribution >= 4 is 22.4 Å². The SMILES string of the molecule is c1ccc(NCCCNc2nc(-c3cccnc3)nc3ccccc23)cc1. The Hall–Kier alpha value is -3.47. The van der Waals surface area contributed by atoms with Crippen molar-refractivity contribution in [3.8, 4) is 11.4 Å². The van der Waals surface area contributed by atoms with E-state index in [2.05, 4.69) is 32.7 Å². The lowest BCUT2D eigenvalue weighted by atomic mass is 10.2. The first-order valence-electron chi connectivity index (χ1n) is 9.10. The topological polar surface area (TPSA) is 62.7 Å². The summed E-state index contributed by atoms with van der Waals surface area (Å²) in [5.41, 5.74) is 2.98. The molecule has 2 N–H and O–H groups in total. The van der Waals surface area contributed by atoms with Crippen molar-refractivity contribution in [1.82, 2.24) is 15.0 Å². The van der Waals surface area contributed by atoms with Crippen LogP contribution >= 0.6 is 0 Å². The zero-order valence-corrected chi connectivity index (χ0v) is 15.0. The molecule has 0 bridgehead atoms. The van der Waals surface area contributed by atoms with Crippen LogP contribution in [0.25, 0.3) is 22.3 Å². The highest BCUT2D eigenvalue weighted by Crippen LogP contribution is 2.24. The number of benzene rings is 2. The monoisotopic (exact) mass is 355 g/mol. The summed E-state index contributed by atoms with van der Waals surface area (Å²) in [6.07, 6.45) is 4.52. The summed E-state index contributed by atoms with van der Waals surface area (Å²) in [6, 6.07) is 22.2. The number of rotatable bonds is 7. The lowest BCUT2D eigenvalue weighted by Gasteiger charge is -2.11. The van der Waals surface area contributed by atoms with E-state index < -0.39 is 0 Å². The van der Waals surface area contributed by atoms with Crippen LogP contribution in [0.15, 0.2) is 79.1 Å². The van der Waals surface area contributed by atoms with Crippen LogP contribution in [0.1, 0.15) is 6.42 Å². The number of fused-ring (bicyclic) bond motifs is 1. The summed E-state index contributed by atoms with van der Waals surface area (Å²) in [7, 11) is 0. The van der Waals surface area contributed by atoms with E-state index in [9.17, 15) is 0 Å². The first kappa shape index (κ1) is 17.0. The third kappa shape index (κ3) is 4.20. The Bertz CT molecular complexity index is 1000. The number of hydrogen-bond acceptors (Lipinski definition) is 5. The normalized spacial score (nSPS) is 10.7. The van der Waals surface area contributed by atoms with Gasteiger partial charge in [-0.3, -0.25) is 4.98 Å². The molecule has 2 aromatic heterocycles. The molecule has 27 heavy (non-hydrogen) atoms. The van der Waals surface area contributed by atoms with Gasteiger partial charge in [-0.2, -0.15) is 0 Å². The molecule has 5 heteroatoms. The molecule has 0 radical (unpaired) electrons. The van der Waals surface area contributed by atoms with Gasteiger partial charge in [0, 0.05) is 42.1 Å². The van der Waals surface area contributed by atoms with Gasteiger partial charge in [-0.15, -0.1) is 0 Å². The Morgan fingerprint density at radius 2 is 1.56 bits per heavy atom. The molecule has 0 unspecified atom stereocenters. The second-order valence-electron chi connectivity index (χ2n) is 6.23. The van der Waals surface area contributed by atoms with E-state index in [0.717, 1.165) is 47.5 Å². The molecular formula is C22H21N5. The van der Waals surface area contributed by atoms with Crippen LogP contribution in [-0.4, -0.2) is 28.0 Å². The third-order valence-electron chi connectivity index (χ3n) is 4.27. The zero-order valence-electron chi connectivity index (χ0n) is 15.0. The number of nitrogens with zero attached hydrogens (tertiary/aromatic N) is 3. The van der Waals surface area contributed by atoms with Crippen molar-refractivity contribution in [1.29, 1.82) is 0 Å². The van der Waals surface area contributed by atoms with Gasteiger partial charge in [-0.25, -0.2) is 9.97 Å². The Morgan fingerprint density at radius 3 is 2.41 bits per heavy atom. The highest BCUT2D eigenvalue weighted by molar-refractivity contribution is 5.90. The molecule has 5 nitrogen and oxygen atoms in total. The summed E-state index contributed by atoms with van der Waals surface area (Å²) in [4.78, 5) is 13.6. The maximum atomic E-state index is 4.74. The summed E-state index contributed by atoms with van der Waals surface area (Å²) >= 11 is 0. The Labute approximate surface area is 158 Å². The van der Waals surface area contributed by atoms with E-state index in [1.165, 1.54) is 0 Å². The molecule has 0 aliphatic rings. The molecule has 0 aliphatic heterocycles. The van der Waals surface area contributed by atoms with Crippen molar-refractivity contribution in [2.24, 2.45) is 0 Å². The molecule has 4 rings (SSSR count). The number of aromatic nitrogens is 3. The van der Waals surface area contributed by atoms with Gasteiger partial charge >= 0.3 is 0 Å². The third-order valence-corrected chi connectivity index (χ3v) is 4.27. The molecule has 2 heterocycles. The summed E-state index contributed by atoms with van der Waals surface area (Å²) in [5, 5.41) is 7.93. The van der Waals surface area contributed by atoms with Crippen LogP contribution in [0.5, 0.6) is 0 Å². The predicted molar refractivity (Wildman–Crippen MR) is 111 cm³/mol. The maximum Gasteiger partial charge on any atom is 0.163 e. The van der Waals surface area contributed by atoms with E-state index in [1.807, 2.05) is 54.6 Å². The van der Waals surface area contributed by atoms with Gasteiger partial charge in [0.05, 0.1) is 5.52 Å². The Morgan fingerprint density at radius 1 is 0.741 bits per heavy atom. The minimum Gasteiger partial charge on any atom is -0.385 e. The number of nitrogens with one attached hydrogen (secondary N) is 2. The second-order valence-corrected chi connectivity index (χ2v) is 6.23. The molecule has 0 fully saturated rings. The molecule has 0 aliphatic carbocycles. The van der Waals surface area contributed by atoms with Crippen molar-refractivity contribution in [2.45, 2.75) is 6.42 Å². The minimum atomic E-state index is 0.687. The van der Waals surface area contributed by atoms with Gasteiger partial charge < -0.3 is 10.6 Å². The van der Waals surface area contributed by atoms with Gasteiger partial charge in [0.2, 0.25) is 0 Å². The van der Waals surface area contributed by atoms with Crippen LogP contribution < -0.4 is 10.6 Å². The van der Waals surface area contributed by atoms with Crippen molar-refractivity contribution < 1.29 is 0 Å². The van der Waals surface area contributed by atoms with E-state index in [-0.39, 0.29) is 0 Å². The molecule has 0 saturated heterocycles. The van der Waals surface area contributed by atoms with Crippen LogP contribution in [0, 0.1) is 0 Å². The molecular weight excluding hydrogens is 334 g/mol. The summed E-state index contributed by atoms with van der Waals surface area (Å²) in [5.74, 6) is 1.55. The standard InChI is InChI=1S/C22H21N5/c1-2-9-18(10-3-1)24-14-7-15-25-22-19-11-4-5-12-20(19)26-21(27-22)17-8-6-13-23-16-17/h1-6,8-13,16,24H,7,14-15H2,(H,25,26,27). The van der Waals surface area contributed by atoms with Crippen molar-refractivity contribution in [3.63, 3.8) is 0 Å². The molecule has 0 amide bonds. The van der Waals surface area contributed by atoms with E-state index >= 15 is 0 Å². The number of hydrogen-bond donors (Lipinski definition) is 2.